The largest absolute Gasteiger partial charge is 0.487 e. The van der Waals surface area contributed by atoms with Crippen molar-refractivity contribution in [1.29, 1.82) is 0 Å². The Morgan fingerprint density at radius 2 is 2.27 bits per heavy atom. The molecule has 1 aromatic carbocycles. The van der Waals surface area contributed by atoms with Crippen molar-refractivity contribution in [2.45, 2.75) is 13.5 Å². The molecule has 0 N–H and O–H groups in total. The summed E-state index contributed by atoms with van der Waals surface area (Å²) >= 11 is 2.25. The maximum atomic E-state index is 5.56. The molecular formula is C11H10INO2. The summed E-state index contributed by atoms with van der Waals surface area (Å²) in [6.45, 7) is 2.30. The zero-order valence-corrected chi connectivity index (χ0v) is 10.4. The van der Waals surface area contributed by atoms with Gasteiger partial charge in [-0.25, -0.2) is 0 Å². The average molecular weight is 315 g/mol. The Balaban J connectivity index is 1.99. The van der Waals surface area contributed by atoms with Crippen molar-refractivity contribution in [1.82, 2.24) is 5.16 Å². The molecule has 0 spiro atoms. The molecule has 3 nitrogen and oxygen atoms in total. The molecule has 0 aliphatic rings. The van der Waals surface area contributed by atoms with Gasteiger partial charge in [0.15, 0.2) is 0 Å². The molecule has 15 heavy (non-hydrogen) atoms. The van der Waals surface area contributed by atoms with Crippen LogP contribution < -0.4 is 4.74 Å². The summed E-state index contributed by atoms with van der Waals surface area (Å²) < 4.78 is 11.7. The van der Waals surface area contributed by atoms with E-state index in [1.807, 2.05) is 37.3 Å². The standard InChI is InChI=1S/C11H10INO2/c1-8-5-10(13-15-8)7-14-11-4-2-3-9(12)6-11/h2-6H,7H2,1H3. The van der Waals surface area contributed by atoms with Gasteiger partial charge in [-0.2, -0.15) is 0 Å². The van der Waals surface area contributed by atoms with Crippen LogP contribution in [0.15, 0.2) is 34.9 Å². The van der Waals surface area contributed by atoms with E-state index in [4.69, 9.17) is 9.26 Å². The Morgan fingerprint density at radius 1 is 1.40 bits per heavy atom. The molecule has 0 aliphatic heterocycles. The second-order valence-corrected chi connectivity index (χ2v) is 4.42. The first-order valence-electron chi connectivity index (χ1n) is 4.54. The first-order valence-corrected chi connectivity index (χ1v) is 5.62. The predicted molar refractivity (Wildman–Crippen MR) is 64.7 cm³/mol. The first-order chi connectivity index (χ1) is 7.24. The molecular weight excluding hydrogens is 305 g/mol. The van der Waals surface area contributed by atoms with Crippen LogP contribution in [0.4, 0.5) is 0 Å². The highest BCUT2D eigenvalue weighted by atomic mass is 127. The van der Waals surface area contributed by atoms with Gasteiger partial charge >= 0.3 is 0 Å². The monoisotopic (exact) mass is 315 g/mol. The van der Waals surface area contributed by atoms with E-state index in [-0.39, 0.29) is 0 Å². The van der Waals surface area contributed by atoms with E-state index in [1.54, 1.807) is 0 Å². The molecule has 78 valence electrons. The van der Waals surface area contributed by atoms with Crippen molar-refractivity contribution in [3.63, 3.8) is 0 Å². The van der Waals surface area contributed by atoms with E-state index in [9.17, 15) is 0 Å². The average Bonchev–Trinajstić information content (AvgIpc) is 2.62. The quantitative estimate of drug-likeness (QED) is 0.816. The zero-order valence-electron chi connectivity index (χ0n) is 8.24. The van der Waals surface area contributed by atoms with E-state index in [2.05, 4.69) is 27.7 Å². The maximum Gasteiger partial charge on any atom is 0.134 e. The van der Waals surface area contributed by atoms with Crippen LogP contribution in [0, 0.1) is 10.5 Å². The summed E-state index contributed by atoms with van der Waals surface area (Å²) in [6.07, 6.45) is 0. The Hall–Kier alpha value is -1.04. The number of halogens is 1. The lowest BCUT2D eigenvalue weighted by atomic mass is 10.3. The molecule has 0 saturated heterocycles. The normalized spacial score (nSPS) is 10.3. The molecule has 4 heteroatoms. The highest BCUT2D eigenvalue weighted by molar-refractivity contribution is 14.1. The number of ether oxygens (including phenoxy) is 1. The van der Waals surface area contributed by atoms with Crippen LogP contribution in [0.1, 0.15) is 11.5 Å². The molecule has 0 atom stereocenters. The second kappa shape index (κ2) is 4.65. The molecule has 0 unspecified atom stereocenters. The topological polar surface area (TPSA) is 35.3 Å². The van der Waals surface area contributed by atoms with E-state index < -0.39 is 0 Å². The predicted octanol–water partition coefficient (Wildman–Crippen LogP) is 3.17. The van der Waals surface area contributed by atoms with Gasteiger partial charge in [-0.15, -0.1) is 0 Å². The molecule has 0 bridgehead atoms. The molecule has 0 amide bonds. The van der Waals surface area contributed by atoms with Gasteiger partial charge in [0, 0.05) is 9.64 Å². The summed E-state index contributed by atoms with van der Waals surface area (Å²) in [6, 6.07) is 9.76. The fourth-order valence-corrected chi connectivity index (χ4v) is 1.71. The van der Waals surface area contributed by atoms with Crippen LogP contribution in [0.2, 0.25) is 0 Å². The number of benzene rings is 1. The lowest BCUT2D eigenvalue weighted by Gasteiger charge is -2.03. The van der Waals surface area contributed by atoms with Crippen molar-refractivity contribution in [3.05, 3.63) is 45.4 Å². The van der Waals surface area contributed by atoms with E-state index in [0.717, 1.165) is 20.8 Å². The molecule has 1 heterocycles. The fourth-order valence-electron chi connectivity index (χ4n) is 1.20. The first kappa shape index (κ1) is 10.5. The number of hydrogen-bond acceptors (Lipinski definition) is 3. The Morgan fingerprint density at radius 3 is 2.93 bits per heavy atom. The third-order valence-corrected chi connectivity index (χ3v) is 2.53. The van der Waals surface area contributed by atoms with Gasteiger partial charge in [0.1, 0.15) is 23.8 Å². The van der Waals surface area contributed by atoms with Crippen molar-refractivity contribution in [3.8, 4) is 5.75 Å². The molecule has 1 aromatic heterocycles. The fraction of sp³-hybridized carbons (Fsp3) is 0.182. The van der Waals surface area contributed by atoms with Gasteiger partial charge in [-0.1, -0.05) is 11.2 Å². The molecule has 0 radical (unpaired) electrons. The molecule has 2 aromatic rings. The third-order valence-electron chi connectivity index (χ3n) is 1.86. The van der Waals surface area contributed by atoms with Crippen LogP contribution in [0.3, 0.4) is 0 Å². The van der Waals surface area contributed by atoms with E-state index in [1.165, 1.54) is 0 Å². The third kappa shape index (κ3) is 2.95. The smallest absolute Gasteiger partial charge is 0.134 e. The van der Waals surface area contributed by atoms with Crippen molar-refractivity contribution < 1.29 is 9.26 Å². The Labute approximate surface area is 102 Å². The van der Waals surface area contributed by atoms with Gasteiger partial charge in [-0.3, -0.25) is 0 Å². The molecule has 0 saturated carbocycles. The summed E-state index contributed by atoms with van der Waals surface area (Å²) in [5, 5.41) is 3.85. The Kier molecular flexibility index (Phi) is 3.25. The minimum absolute atomic E-state index is 0.442. The van der Waals surface area contributed by atoms with Gasteiger partial charge in [-0.05, 0) is 47.7 Å². The van der Waals surface area contributed by atoms with E-state index >= 15 is 0 Å². The number of aromatic nitrogens is 1. The van der Waals surface area contributed by atoms with Gasteiger partial charge in [0.25, 0.3) is 0 Å². The minimum Gasteiger partial charge on any atom is -0.487 e. The highest BCUT2D eigenvalue weighted by Gasteiger charge is 2.01. The lowest BCUT2D eigenvalue weighted by Crippen LogP contribution is -1.95. The minimum atomic E-state index is 0.442. The number of rotatable bonds is 3. The molecule has 0 aliphatic carbocycles. The van der Waals surface area contributed by atoms with Gasteiger partial charge in [0.2, 0.25) is 0 Å². The van der Waals surface area contributed by atoms with E-state index in [0.29, 0.717) is 6.61 Å². The zero-order chi connectivity index (χ0) is 10.7. The highest BCUT2D eigenvalue weighted by Crippen LogP contribution is 2.16. The SMILES string of the molecule is Cc1cc(COc2cccc(I)c2)no1. The van der Waals surface area contributed by atoms with Crippen LogP contribution in [-0.2, 0) is 6.61 Å². The summed E-state index contributed by atoms with van der Waals surface area (Å²) in [4.78, 5) is 0. The second-order valence-electron chi connectivity index (χ2n) is 3.17. The van der Waals surface area contributed by atoms with Gasteiger partial charge < -0.3 is 9.26 Å². The van der Waals surface area contributed by atoms with Crippen molar-refractivity contribution >= 4 is 22.6 Å². The molecule has 0 fully saturated rings. The number of aryl methyl sites for hydroxylation is 1. The summed E-state index contributed by atoms with van der Waals surface area (Å²) in [5.41, 5.74) is 0.811. The van der Waals surface area contributed by atoms with Crippen LogP contribution in [-0.4, -0.2) is 5.16 Å². The molecule has 2 rings (SSSR count). The van der Waals surface area contributed by atoms with Crippen LogP contribution >= 0.6 is 22.6 Å². The Bertz CT molecular complexity index is 453. The number of nitrogens with zero attached hydrogens (tertiary/aromatic N) is 1. The maximum absolute atomic E-state index is 5.56. The summed E-state index contributed by atoms with van der Waals surface area (Å²) in [7, 11) is 0. The van der Waals surface area contributed by atoms with Crippen molar-refractivity contribution in [2.24, 2.45) is 0 Å². The lowest BCUT2D eigenvalue weighted by molar-refractivity contribution is 0.287. The summed E-state index contributed by atoms with van der Waals surface area (Å²) in [5.74, 6) is 1.65. The van der Waals surface area contributed by atoms with Crippen LogP contribution in [0.5, 0.6) is 5.75 Å². The van der Waals surface area contributed by atoms with Gasteiger partial charge in [0.05, 0.1) is 0 Å². The number of hydrogen-bond donors (Lipinski definition) is 0. The van der Waals surface area contributed by atoms with Crippen LogP contribution in [0.25, 0.3) is 0 Å². The van der Waals surface area contributed by atoms with Crippen molar-refractivity contribution in [2.75, 3.05) is 0 Å².